The van der Waals surface area contributed by atoms with E-state index in [1.165, 1.54) is 19.3 Å². The zero-order valence-corrected chi connectivity index (χ0v) is 19.7. The Bertz CT molecular complexity index is 817. The SMILES string of the molecule is COc1ccc(C(=O)COC(=O)C(CCSC)NC(=O)C23CC4CC(CC(C4)C2)C3)cc1. The predicted molar refractivity (Wildman–Crippen MR) is 124 cm³/mol. The van der Waals surface area contributed by atoms with Crippen molar-refractivity contribution in [2.45, 2.75) is 51.0 Å². The van der Waals surface area contributed by atoms with E-state index < -0.39 is 12.0 Å². The summed E-state index contributed by atoms with van der Waals surface area (Å²) in [6.07, 6.45) is 9.10. The quantitative estimate of drug-likeness (QED) is 0.422. The molecule has 0 spiro atoms. The fraction of sp³-hybridized carbons (Fsp3) is 0.640. The Labute approximate surface area is 194 Å². The van der Waals surface area contributed by atoms with Crippen molar-refractivity contribution >= 4 is 29.4 Å². The Balaban J connectivity index is 1.36. The summed E-state index contributed by atoms with van der Waals surface area (Å²) in [6.45, 7) is -0.339. The highest BCUT2D eigenvalue weighted by atomic mass is 32.2. The van der Waals surface area contributed by atoms with Crippen molar-refractivity contribution in [1.82, 2.24) is 5.32 Å². The van der Waals surface area contributed by atoms with Gasteiger partial charge in [0.25, 0.3) is 0 Å². The first-order chi connectivity index (χ1) is 15.4. The third kappa shape index (κ3) is 4.98. The molecule has 1 aromatic rings. The van der Waals surface area contributed by atoms with Gasteiger partial charge in [0.2, 0.25) is 5.91 Å². The molecule has 4 saturated carbocycles. The van der Waals surface area contributed by atoms with Crippen molar-refractivity contribution < 1.29 is 23.9 Å². The van der Waals surface area contributed by atoms with Crippen LogP contribution in [0.4, 0.5) is 0 Å². The molecule has 0 saturated heterocycles. The molecule has 4 aliphatic carbocycles. The standard InChI is InChI=1S/C25H33NO5S/c1-30-20-5-3-19(4-6-20)22(27)15-31-23(28)21(7-8-32-2)26-24(29)25-12-16-9-17(13-25)11-18(10-16)14-25/h3-6,16-18,21H,7-15H2,1-2H3,(H,26,29). The van der Waals surface area contributed by atoms with Crippen LogP contribution in [0.25, 0.3) is 0 Å². The maximum atomic E-state index is 13.4. The number of amides is 1. The molecular weight excluding hydrogens is 426 g/mol. The lowest BCUT2D eigenvalue weighted by atomic mass is 9.49. The fourth-order valence-electron chi connectivity index (χ4n) is 6.28. The van der Waals surface area contributed by atoms with Crippen molar-refractivity contribution in [2.75, 3.05) is 25.7 Å². The number of ketones is 1. The number of benzene rings is 1. The second-order valence-corrected chi connectivity index (χ2v) is 10.8. The number of hydrogen-bond donors (Lipinski definition) is 1. The van der Waals surface area contributed by atoms with Gasteiger partial charge in [-0.1, -0.05) is 0 Å². The van der Waals surface area contributed by atoms with Gasteiger partial charge < -0.3 is 14.8 Å². The molecule has 1 aromatic carbocycles. The molecule has 4 aliphatic rings. The van der Waals surface area contributed by atoms with E-state index >= 15 is 0 Å². The largest absolute Gasteiger partial charge is 0.497 e. The highest BCUT2D eigenvalue weighted by molar-refractivity contribution is 7.98. The zero-order chi connectivity index (χ0) is 22.7. The third-order valence-electron chi connectivity index (χ3n) is 7.48. The first kappa shape index (κ1) is 23.1. The second kappa shape index (κ2) is 9.86. The van der Waals surface area contributed by atoms with Crippen LogP contribution in [0.5, 0.6) is 5.75 Å². The fourth-order valence-corrected chi connectivity index (χ4v) is 6.75. The average molecular weight is 460 g/mol. The lowest BCUT2D eigenvalue weighted by molar-refractivity contribution is -0.153. The van der Waals surface area contributed by atoms with Crippen LogP contribution in [-0.4, -0.2) is 49.4 Å². The monoisotopic (exact) mass is 459 g/mol. The minimum atomic E-state index is -0.716. The molecule has 0 heterocycles. The summed E-state index contributed by atoms with van der Waals surface area (Å²) in [4.78, 5) is 38.6. The molecule has 1 unspecified atom stereocenters. The number of ether oxygens (including phenoxy) is 2. The van der Waals surface area contributed by atoms with Crippen LogP contribution in [-0.2, 0) is 14.3 Å². The molecule has 32 heavy (non-hydrogen) atoms. The predicted octanol–water partition coefficient (Wildman–Crippen LogP) is 3.88. The van der Waals surface area contributed by atoms with Gasteiger partial charge in [0.05, 0.1) is 7.11 Å². The van der Waals surface area contributed by atoms with E-state index in [9.17, 15) is 14.4 Å². The van der Waals surface area contributed by atoms with Crippen LogP contribution in [0.15, 0.2) is 24.3 Å². The summed E-state index contributed by atoms with van der Waals surface area (Å²) in [5, 5.41) is 3.03. The van der Waals surface area contributed by atoms with E-state index in [-0.39, 0.29) is 23.7 Å². The van der Waals surface area contributed by atoms with Gasteiger partial charge in [-0.05, 0) is 99.0 Å². The molecule has 0 aliphatic heterocycles. The van der Waals surface area contributed by atoms with E-state index in [2.05, 4.69) is 5.32 Å². The van der Waals surface area contributed by atoms with Gasteiger partial charge in [-0.15, -0.1) is 0 Å². The van der Waals surface area contributed by atoms with E-state index in [1.807, 2.05) is 6.26 Å². The lowest BCUT2D eigenvalue weighted by Gasteiger charge is -2.55. The summed E-state index contributed by atoms with van der Waals surface area (Å²) in [5.74, 6) is 2.57. The van der Waals surface area contributed by atoms with E-state index in [0.717, 1.165) is 25.0 Å². The van der Waals surface area contributed by atoms with Crippen LogP contribution >= 0.6 is 11.8 Å². The molecular formula is C25H33NO5S. The summed E-state index contributed by atoms with van der Waals surface area (Å²) >= 11 is 1.62. The maximum Gasteiger partial charge on any atom is 0.329 e. The summed E-state index contributed by atoms with van der Waals surface area (Å²) in [7, 11) is 1.56. The van der Waals surface area contributed by atoms with Crippen molar-refractivity contribution in [3.05, 3.63) is 29.8 Å². The number of methoxy groups -OCH3 is 1. The number of rotatable bonds is 10. The Kier molecular flexibility index (Phi) is 7.13. The molecule has 7 heteroatoms. The molecule has 0 radical (unpaired) electrons. The minimum absolute atomic E-state index is 0.0149. The molecule has 1 atom stereocenters. The number of hydrogen-bond acceptors (Lipinski definition) is 6. The molecule has 6 nitrogen and oxygen atoms in total. The Morgan fingerprint density at radius 2 is 1.66 bits per heavy atom. The van der Waals surface area contributed by atoms with Crippen LogP contribution < -0.4 is 10.1 Å². The Hall–Kier alpha value is -2.02. The second-order valence-electron chi connectivity index (χ2n) is 9.76. The number of carbonyl (C=O) groups excluding carboxylic acids is 3. The van der Waals surface area contributed by atoms with E-state index in [0.29, 0.717) is 35.5 Å². The van der Waals surface area contributed by atoms with Crippen LogP contribution in [0.1, 0.15) is 55.3 Å². The molecule has 5 rings (SSSR count). The lowest BCUT2D eigenvalue weighted by Crippen LogP contribution is -2.56. The van der Waals surface area contributed by atoms with Crippen molar-refractivity contribution in [3.63, 3.8) is 0 Å². The maximum absolute atomic E-state index is 13.4. The van der Waals surface area contributed by atoms with Crippen LogP contribution in [0, 0.1) is 23.2 Å². The zero-order valence-electron chi connectivity index (χ0n) is 18.9. The number of esters is 1. The van der Waals surface area contributed by atoms with Gasteiger partial charge >= 0.3 is 5.97 Å². The highest BCUT2D eigenvalue weighted by Gasteiger charge is 2.55. The third-order valence-corrected chi connectivity index (χ3v) is 8.12. The van der Waals surface area contributed by atoms with Gasteiger partial charge in [0, 0.05) is 11.0 Å². The molecule has 1 amide bonds. The molecule has 174 valence electrons. The van der Waals surface area contributed by atoms with Gasteiger partial charge in [-0.3, -0.25) is 9.59 Å². The molecule has 0 aromatic heterocycles. The van der Waals surface area contributed by atoms with Crippen LogP contribution in [0.2, 0.25) is 0 Å². The molecule has 4 fully saturated rings. The van der Waals surface area contributed by atoms with Gasteiger partial charge in [-0.25, -0.2) is 4.79 Å². The summed E-state index contributed by atoms with van der Waals surface area (Å²) < 4.78 is 10.5. The first-order valence-corrected chi connectivity index (χ1v) is 13.0. The summed E-state index contributed by atoms with van der Waals surface area (Å²) in [5.41, 5.74) is 0.141. The van der Waals surface area contributed by atoms with Crippen molar-refractivity contribution in [3.8, 4) is 5.75 Å². The van der Waals surface area contributed by atoms with Crippen molar-refractivity contribution in [1.29, 1.82) is 0 Å². The molecule has 1 N–H and O–H groups in total. The summed E-state index contributed by atoms with van der Waals surface area (Å²) in [6, 6.07) is 5.97. The molecule has 4 bridgehead atoms. The number of Topliss-reactive ketones (excluding diaryl/α,β-unsaturated/α-hetero) is 1. The minimum Gasteiger partial charge on any atom is -0.497 e. The number of nitrogens with one attached hydrogen (secondary N) is 1. The average Bonchev–Trinajstić information content (AvgIpc) is 2.79. The van der Waals surface area contributed by atoms with Crippen molar-refractivity contribution in [2.24, 2.45) is 23.2 Å². The first-order valence-electron chi connectivity index (χ1n) is 11.6. The topological polar surface area (TPSA) is 81.7 Å². The normalized spacial score (nSPS) is 28.8. The highest BCUT2D eigenvalue weighted by Crippen LogP contribution is 2.60. The van der Waals surface area contributed by atoms with Gasteiger partial charge in [0.15, 0.2) is 12.4 Å². The van der Waals surface area contributed by atoms with E-state index in [1.54, 1.807) is 43.1 Å². The Morgan fingerprint density at radius 1 is 1.06 bits per heavy atom. The smallest absolute Gasteiger partial charge is 0.329 e. The number of carbonyl (C=O) groups is 3. The van der Waals surface area contributed by atoms with Crippen LogP contribution in [0.3, 0.4) is 0 Å². The Morgan fingerprint density at radius 3 is 2.19 bits per heavy atom. The number of thioether (sulfide) groups is 1. The van der Waals surface area contributed by atoms with Gasteiger partial charge in [0.1, 0.15) is 11.8 Å². The van der Waals surface area contributed by atoms with Gasteiger partial charge in [-0.2, -0.15) is 11.8 Å². The van der Waals surface area contributed by atoms with E-state index in [4.69, 9.17) is 9.47 Å².